The lowest BCUT2D eigenvalue weighted by Gasteiger charge is -2.14. The lowest BCUT2D eigenvalue weighted by molar-refractivity contribution is 0.0939. The fraction of sp³-hybridized carbons (Fsp3) is 0.130. The first-order chi connectivity index (χ1) is 14.0. The van der Waals surface area contributed by atoms with Gasteiger partial charge in [0.15, 0.2) is 0 Å². The van der Waals surface area contributed by atoms with Crippen molar-refractivity contribution in [1.82, 2.24) is 19.9 Å². The molecule has 4 rings (SSSR count). The van der Waals surface area contributed by atoms with Gasteiger partial charge in [-0.3, -0.25) is 19.1 Å². The highest BCUT2D eigenvalue weighted by molar-refractivity contribution is 5.94. The van der Waals surface area contributed by atoms with E-state index in [9.17, 15) is 9.59 Å². The monoisotopic (exact) mass is 384 g/mol. The number of aromatic nitrogens is 3. The zero-order chi connectivity index (χ0) is 20.4. The van der Waals surface area contributed by atoms with Gasteiger partial charge in [-0.05, 0) is 62.4 Å². The van der Waals surface area contributed by atoms with Crippen molar-refractivity contribution in [3.63, 3.8) is 0 Å². The summed E-state index contributed by atoms with van der Waals surface area (Å²) in [6.07, 6.45) is 1.70. The predicted octanol–water partition coefficient (Wildman–Crippen LogP) is 3.58. The third-order valence-electron chi connectivity index (χ3n) is 4.81. The smallest absolute Gasteiger partial charge is 0.265 e. The van der Waals surface area contributed by atoms with Gasteiger partial charge in [0.1, 0.15) is 5.82 Å². The van der Waals surface area contributed by atoms with Gasteiger partial charge in [0.05, 0.1) is 28.3 Å². The number of nitrogens with one attached hydrogen (secondary N) is 1. The van der Waals surface area contributed by atoms with E-state index in [1.54, 1.807) is 48.0 Å². The molecule has 1 atom stereocenters. The van der Waals surface area contributed by atoms with Gasteiger partial charge in [-0.2, -0.15) is 0 Å². The van der Waals surface area contributed by atoms with E-state index in [1.165, 1.54) is 0 Å². The van der Waals surface area contributed by atoms with Crippen molar-refractivity contribution in [3.05, 3.63) is 100 Å². The van der Waals surface area contributed by atoms with E-state index < -0.39 is 0 Å². The molecule has 0 aliphatic rings. The largest absolute Gasteiger partial charge is 0.344 e. The molecule has 2 aromatic carbocycles. The van der Waals surface area contributed by atoms with Crippen LogP contribution in [0.1, 0.15) is 34.8 Å². The van der Waals surface area contributed by atoms with E-state index in [0.717, 1.165) is 5.69 Å². The summed E-state index contributed by atoms with van der Waals surface area (Å²) in [5.74, 6) is 0.394. The minimum Gasteiger partial charge on any atom is -0.344 e. The molecule has 0 unspecified atom stereocenters. The number of fused-ring (bicyclic) bond motifs is 1. The van der Waals surface area contributed by atoms with Gasteiger partial charge < -0.3 is 5.32 Å². The number of amides is 1. The molecular weight excluding hydrogens is 364 g/mol. The molecule has 0 radical (unpaired) electrons. The molecule has 144 valence electrons. The SMILES string of the molecule is Cc1nc2ccccc2c(=O)n1-c1ccc(C(=O)N[C@@H](C)c2ccccn2)cc1. The van der Waals surface area contributed by atoms with Gasteiger partial charge in [-0.25, -0.2) is 4.98 Å². The highest BCUT2D eigenvalue weighted by Crippen LogP contribution is 2.15. The molecule has 0 fully saturated rings. The maximum atomic E-state index is 12.9. The summed E-state index contributed by atoms with van der Waals surface area (Å²) in [6.45, 7) is 3.68. The summed E-state index contributed by atoms with van der Waals surface area (Å²) >= 11 is 0. The van der Waals surface area contributed by atoms with Crippen molar-refractivity contribution in [1.29, 1.82) is 0 Å². The molecule has 29 heavy (non-hydrogen) atoms. The molecule has 6 nitrogen and oxygen atoms in total. The van der Waals surface area contributed by atoms with Crippen LogP contribution in [0.3, 0.4) is 0 Å². The minimum atomic E-state index is -0.210. The van der Waals surface area contributed by atoms with E-state index >= 15 is 0 Å². The number of pyridine rings is 1. The molecule has 0 saturated carbocycles. The number of carbonyl (C=O) groups excluding carboxylic acids is 1. The molecule has 6 heteroatoms. The average molecular weight is 384 g/mol. The second kappa shape index (κ2) is 7.67. The van der Waals surface area contributed by atoms with Crippen LogP contribution in [-0.4, -0.2) is 20.4 Å². The second-order valence-corrected chi connectivity index (χ2v) is 6.81. The van der Waals surface area contributed by atoms with Gasteiger partial charge in [0, 0.05) is 11.8 Å². The first-order valence-corrected chi connectivity index (χ1v) is 9.35. The number of hydrogen-bond donors (Lipinski definition) is 1. The van der Waals surface area contributed by atoms with Crippen LogP contribution in [-0.2, 0) is 0 Å². The van der Waals surface area contributed by atoms with Crippen LogP contribution in [0.2, 0.25) is 0 Å². The van der Waals surface area contributed by atoms with E-state index in [1.807, 2.05) is 43.3 Å². The van der Waals surface area contributed by atoms with Crippen molar-refractivity contribution in [2.45, 2.75) is 19.9 Å². The summed E-state index contributed by atoms with van der Waals surface area (Å²) in [7, 11) is 0. The van der Waals surface area contributed by atoms with Crippen LogP contribution < -0.4 is 10.9 Å². The highest BCUT2D eigenvalue weighted by Gasteiger charge is 2.14. The van der Waals surface area contributed by atoms with Crippen molar-refractivity contribution < 1.29 is 4.79 Å². The fourth-order valence-corrected chi connectivity index (χ4v) is 3.30. The van der Waals surface area contributed by atoms with Gasteiger partial charge in [-0.15, -0.1) is 0 Å². The Hall–Kier alpha value is -3.80. The summed E-state index contributed by atoms with van der Waals surface area (Å²) in [5.41, 5.74) is 2.51. The standard InChI is InChI=1S/C23H20N4O2/c1-15(20-8-5-6-14-24-20)25-22(28)17-10-12-18(13-11-17)27-16(2)26-21-9-4-3-7-19(21)23(27)29/h3-15H,1-2H3,(H,25,28)/t15-/m0/s1. The topological polar surface area (TPSA) is 76.9 Å². The van der Waals surface area contributed by atoms with Gasteiger partial charge in [0.25, 0.3) is 11.5 Å². The summed E-state index contributed by atoms with van der Waals surface area (Å²) in [6, 6.07) is 19.6. The quantitative estimate of drug-likeness (QED) is 0.583. The molecule has 4 aromatic rings. The first-order valence-electron chi connectivity index (χ1n) is 9.35. The fourth-order valence-electron chi connectivity index (χ4n) is 3.30. The van der Waals surface area contributed by atoms with E-state index in [2.05, 4.69) is 15.3 Å². The molecular formula is C23H20N4O2. The van der Waals surface area contributed by atoms with E-state index in [-0.39, 0.29) is 17.5 Å². The number of hydrogen-bond acceptors (Lipinski definition) is 4. The molecule has 0 saturated heterocycles. The zero-order valence-electron chi connectivity index (χ0n) is 16.2. The third kappa shape index (κ3) is 3.65. The molecule has 0 bridgehead atoms. The summed E-state index contributed by atoms with van der Waals surface area (Å²) in [4.78, 5) is 34.3. The second-order valence-electron chi connectivity index (χ2n) is 6.81. The van der Waals surface area contributed by atoms with Crippen LogP contribution in [0.5, 0.6) is 0 Å². The highest BCUT2D eigenvalue weighted by atomic mass is 16.1. The Morgan fingerprint density at radius 3 is 2.45 bits per heavy atom. The Bertz CT molecular complexity index is 1230. The first kappa shape index (κ1) is 18.6. The van der Waals surface area contributed by atoms with Crippen LogP contribution >= 0.6 is 0 Å². The minimum absolute atomic E-state index is 0.130. The van der Waals surface area contributed by atoms with Crippen molar-refractivity contribution in [3.8, 4) is 5.69 Å². The van der Waals surface area contributed by atoms with Gasteiger partial charge >= 0.3 is 0 Å². The van der Waals surface area contributed by atoms with E-state index in [0.29, 0.717) is 28.0 Å². The zero-order valence-corrected chi connectivity index (χ0v) is 16.2. The van der Waals surface area contributed by atoms with Crippen LogP contribution in [0, 0.1) is 6.92 Å². The molecule has 0 aliphatic carbocycles. The number of benzene rings is 2. The van der Waals surface area contributed by atoms with Crippen molar-refractivity contribution in [2.24, 2.45) is 0 Å². The number of rotatable bonds is 4. The molecule has 1 amide bonds. The molecule has 0 aliphatic heterocycles. The van der Waals surface area contributed by atoms with Gasteiger partial charge in [-0.1, -0.05) is 18.2 Å². The van der Waals surface area contributed by atoms with Crippen LogP contribution in [0.4, 0.5) is 0 Å². The Balaban J connectivity index is 1.61. The number of nitrogens with zero attached hydrogens (tertiary/aromatic N) is 3. The number of aryl methyl sites for hydroxylation is 1. The molecule has 2 heterocycles. The van der Waals surface area contributed by atoms with E-state index in [4.69, 9.17) is 0 Å². The number of para-hydroxylation sites is 1. The van der Waals surface area contributed by atoms with Crippen LogP contribution in [0.25, 0.3) is 16.6 Å². The Kier molecular flexibility index (Phi) is 4.91. The summed E-state index contributed by atoms with van der Waals surface area (Å²) < 4.78 is 1.56. The van der Waals surface area contributed by atoms with Crippen molar-refractivity contribution in [2.75, 3.05) is 0 Å². The Morgan fingerprint density at radius 1 is 1.00 bits per heavy atom. The lowest BCUT2D eigenvalue weighted by Crippen LogP contribution is -2.27. The molecule has 1 N–H and O–H groups in total. The Labute approximate surface area is 167 Å². The molecule has 0 spiro atoms. The van der Waals surface area contributed by atoms with Crippen LogP contribution in [0.15, 0.2) is 77.7 Å². The maximum absolute atomic E-state index is 12.9. The van der Waals surface area contributed by atoms with Gasteiger partial charge in [0.2, 0.25) is 0 Å². The predicted molar refractivity (Wildman–Crippen MR) is 112 cm³/mol. The Morgan fingerprint density at radius 2 is 1.72 bits per heavy atom. The maximum Gasteiger partial charge on any atom is 0.265 e. The number of carbonyl (C=O) groups is 1. The summed E-state index contributed by atoms with van der Waals surface area (Å²) in [5, 5.41) is 3.50. The average Bonchev–Trinajstić information content (AvgIpc) is 2.75. The third-order valence-corrected chi connectivity index (χ3v) is 4.81. The molecule has 2 aromatic heterocycles. The normalized spacial score (nSPS) is 11.9. The van der Waals surface area contributed by atoms with Crippen molar-refractivity contribution >= 4 is 16.8 Å². The lowest BCUT2D eigenvalue weighted by atomic mass is 10.1.